The lowest BCUT2D eigenvalue weighted by Gasteiger charge is -2.08. The molecule has 19 heavy (non-hydrogen) atoms. The van der Waals surface area contributed by atoms with Crippen molar-refractivity contribution in [2.45, 2.75) is 18.9 Å². The van der Waals surface area contributed by atoms with Crippen molar-refractivity contribution in [1.29, 1.82) is 0 Å². The molecule has 0 radical (unpaired) electrons. The quantitative estimate of drug-likeness (QED) is 0.708. The molecular weight excluding hydrogens is 242 g/mol. The van der Waals surface area contributed by atoms with Gasteiger partial charge >= 0.3 is 0 Å². The van der Waals surface area contributed by atoms with E-state index in [-0.39, 0.29) is 12.5 Å². The lowest BCUT2D eigenvalue weighted by molar-refractivity contribution is -0.119. The highest BCUT2D eigenvalue weighted by Crippen LogP contribution is 2.21. The summed E-state index contributed by atoms with van der Waals surface area (Å²) in [6.07, 6.45) is 3.63. The molecule has 0 saturated heterocycles. The van der Waals surface area contributed by atoms with Crippen LogP contribution in [0.2, 0.25) is 0 Å². The highest BCUT2D eigenvalue weighted by molar-refractivity contribution is 5.92. The Kier molecular flexibility index (Phi) is 2.91. The second-order valence-corrected chi connectivity index (χ2v) is 4.69. The molecule has 1 aliphatic carbocycles. The van der Waals surface area contributed by atoms with Crippen LogP contribution in [0.3, 0.4) is 0 Å². The van der Waals surface area contributed by atoms with Gasteiger partial charge in [-0.15, -0.1) is 0 Å². The summed E-state index contributed by atoms with van der Waals surface area (Å²) in [6.45, 7) is 0.215. The smallest absolute Gasteiger partial charge is 0.239 e. The van der Waals surface area contributed by atoms with Gasteiger partial charge in [-0.1, -0.05) is 0 Å². The van der Waals surface area contributed by atoms with E-state index in [0.717, 1.165) is 23.7 Å². The summed E-state index contributed by atoms with van der Waals surface area (Å²) in [7, 11) is 0. The molecule has 1 saturated carbocycles. The fourth-order valence-corrected chi connectivity index (χ4v) is 1.89. The van der Waals surface area contributed by atoms with Gasteiger partial charge in [-0.2, -0.15) is 0 Å². The first-order valence-electron chi connectivity index (χ1n) is 6.26. The van der Waals surface area contributed by atoms with Crippen molar-refractivity contribution >= 4 is 28.3 Å². The molecule has 0 atom stereocenters. The standard InChI is InChI=1S/C13H15N5O/c14-8-1-4-10-11(5-8)16-7-17-13(10)15-6-12(19)18-9-2-3-9/h1,4-5,7,9H,2-3,6,14H2,(H,18,19)(H,15,16,17). The van der Waals surface area contributed by atoms with Gasteiger partial charge in [-0.25, -0.2) is 9.97 Å². The summed E-state index contributed by atoms with van der Waals surface area (Å²) in [5.74, 6) is 0.639. The molecule has 98 valence electrons. The lowest BCUT2D eigenvalue weighted by Crippen LogP contribution is -2.31. The number of aromatic nitrogens is 2. The maximum absolute atomic E-state index is 11.6. The molecular formula is C13H15N5O. The maximum Gasteiger partial charge on any atom is 0.239 e. The van der Waals surface area contributed by atoms with Gasteiger partial charge in [0.15, 0.2) is 0 Å². The molecule has 2 aromatic rings. The normalized spacial score (nSPS) is 14.3. The summed E-state index contributed by atoms with van der Waals surface area (Å²) in [5, 5.41) is 6.81. The van der Waals surface area contributed by atoms with Crippen LogP contribution in [0.15, 0.2) is 24.5 Å². The highest BCUT2D eigenvalue weighted by Gasteiger charge is 2.22. The molecule has 0 unspecified atom stereocenters. The van der Waals surface area contributed by atoms with E-state index in [1.165, 1.54) is 6.33 Å². The van der Waals surface area contributed by atoms with E-state index in [4.69, 9.17) is 5.73 Å². The van der Waals surface area contributed by atoms with Gasteiger partial charge in [0.2, 0.25) is 5.91 Å². The fraction of sp³-hybridized carbons (Fsp3) is 0.308. The first kappa shape index (κ1) is 11.7. The number of anilines is 2. The number of carbonyl (C=O) groups excluding carboxylic acids is 1. The molecule has 4 N–H and O–H groups in total. The molecule has 1 aliphatic rings. The molecule has 3 rings (SSSR count). The number of fused-ring (bicyclic) bond motifs is 1. The van der Waals surface area contributed by atoms with Crippen molar-refractivity contribution in [3.8, 4) is 0 Å². The topological polar surface area (TPSA) is 92.9 Å². The van der Waals surface area contributed by atoms with Crippen molar-refractivity contribution in [2.24, 2.45) is 0 Å². The zero-order valence-electron chi connectivity index (χ0n) is 10.4. The van der Waals surface area contributed by atoms with Crippen LogP contribution in [0.5, 0.6) is 0 Å². The monoisotopic (exact) mass is 257 g/mol. The van der Waals surface area contributed by atoms with Gasteiger partial charge in [0.25, 0.3) is 0 Å². The number of amides is 1. The molecule has 0 spiro atoms. The van der Waals surface area contributed by atoms with Crippen LogP contribution in [-0.4, -0.2) is 28.5 Å². The average molecular weight is 257 g/mol. The number of nitrogens with zero attached hydrogens (tertiary/aromatic N) is 2. The Morgan fingerprint density at radius 3 is 3.00 bits per heavy atom. The molecule has 1 amide bonds. The molecule has 0 aliphatic heterocycles. The number of benzene rings is 1. The van der Waals surface area contributed by atoms with Crippen molar-refractivity contribution in [3.05, 3.63) is 24.5 Å². The van der Waals surface area contributed by atoms with E-state index < -0.39 is 0 Å². The third-order valence-electron chi connectivity index (χ3n) is 3.02. The number of nitrogen functional groups attached to an aromatic ring is 1. The molecule has 1 aromatic carbocycles. The van der Waals surface area contributed by atoms with Crippen LogP contribution in [-0.2, 0) is 4.79 Å². The second kappa shape index (κ2) is 4.72. The summed E-state index contributed by atoms with van der Waals surface area (Å²) in [6, 6.07) is 5.80. The highest BCUT2D eigenvalue weighted by atomic mass is 16.2. The summed E-state index contributed by atoms with van der Waals surface area (Å²) in [5.41, 5.74) is 7.13. The van der Waals surface area contributed by atoms with Crippen molar-refractivity contribution in [1.82, 2.24) is 15.3 Å². The van der Waals surface area contributed by atoms with Gasteiger partial charge in [-0.3, -0.25) is 4.79 Å². The number of hydrogen-bond acceptors (Lipinski definition) is 5. The molecule has 1 heterocycles. The van der Waals surface area contributed by atoms with Gasteiger partial charge in [-0.05, 0) is 31.0 Å². The Morgan fingerprint density at radius 1 is 1.37 bits per heavy atom. The maximum atomic E-state index is 11.6. The van der Waals surface area contributed by atoms with Crippen molar-refractivity contribution in [3.63, 3.8) is 0 Å². The number of carbonyl (C=O) groups is 1. The van der Waals surface area contributed by atoms with Gasteiger partial charge in [0, 0.05) is 17.1 Å². The number of nitrogens with one attached hydrogen (secondary N) is 2. The van der Waals surface area contributed by atoms with E-state index in [1.54, 1.807) is 12.1 Å². The average Bonchev–Trinajstić information content (AvgIpc) is 3.19. The second-order valence-electron chi connectivity index (χ2n) is 4.69. The van der Waals surface area contributed by atoms with Crippen molar-refractivity contribution < 1.29 is 4.79 Å². The first-order chi connectivity index (χ1) is 9.22. The van der Waals surface area contributed by atoms with Crippen LogP contribution in [0.1, 0.15) is 12.8 Å². The molecule has 1 aromatic heterocycles. The van der Waals surface area contributed by atoms with Crippen LogP contribution >= 0.6 is 0 Å². The van der Waals surface area contributed by atoms with Crippen LogP contribution in [0.4, 0.5) is 11.5 Å². The van der Waals surface area contributed by atoms with E-state index in [0.29, 0.717) is 17.5 Å². The SMILES string of the molecule is Nc1ccc2c(NCC(=O)NC3CC3)ncnc2c1. The number of rotatable bonds is 4. The van der Waals surface area contributed by atoms with Gasteiger partial charge < -0.3 is 16.4 Å². The fourth-order valence-electron chi connectivity index (χ4n) is 1.89. The minimum Gasteiger partial charge on any atom is -0.399 e. The van der Waals surface area contributed by atoms with Crippen LogP contribution in [0.25, 0.3) is 10.9 Å². The predicted molar refractivity (Wildman–Crippen MR) is 73.6 cm³/mol. The Labute approximate surface area is 110 Å². The van der Waals surface area contributed by atoms with E-state index in [9.17, 15) is 4.79 Å². The first-order valence-corrected chi connectivity index (χ1v) is 6.26. The molecule has 6 nitrogen and oxygen atoms in total. The Morgan fingerprint density at radius 2 is 2.21 bits per heavy atom. The number of nitrogens with two attached hydrogens (primary N) is 1. The molecule has 0 bridgehead atoms. The van der Waals surface area contributed by atoms with E-state index >= 15 is 0 Å². The minimum absolute atomic E-state index is 0.00953. The van der Waals surface area contributed by atoms with Gasteiger partial charge in [0.1, 0.15) is 12.1 Å². The lowest BCUT2D eigenvalue weighted by atomic mass is 10.2. The van der Waals surface area contributed by atoms with Crippen LogP contribution < -0.4 is 16.4 Å². The van der Waals surface area contributed by atoms with Crippen LogP contribution in [0, 0.1) is 0 Å². The zero-order valence-corrected chi connectivity index (χ0v) is 10.4. The Hall–Kier alpha value is -2.37. The number of hydrogen-bond donors (Lipinski definition) is 3. The minimum atomic E-state index is -0.00953. The summed E-state index contributed by atoms with van der Waals surface area (Å²) < 4.78 is 0. The molecule has 6 heteroatoms. The Balaban J connectivity index is 1.74. The van der Waals surface area contributed by atoms with E-state index in [2.05, 4.69) is 20.6 Å². The zero-order chi connectivity index (χ0) is 13.2. The third-order valence-corrected chi connectivity index (χ3v) is 3.02. The van der Waals surface area contributed by atoms with Crippen molar-refractivity contribution in [2.75, 3.05) is 17.6 Å². The van der Waals surface area contributed by atoms with Gasteiger partial charge in [0.05, 0.1) is 12.1 Å². The third kappa shape index (κ3) is 2.73. The summed E-state index contributed by atoms with van der Waals surface area (Å²) >= 11 is 0. The largest absolute Gasteiger partial charge is 0.399 e. The summed E-state index contributed by atoms with van der Waals surface area (Å²) in [4.78, 5) is 19.9. The van der Waals surface area contributed by atoms with E-state index in [1.807, 2.05) is 6.07 Å². The Bertz CT molecular complexity index is 623. The predicted octanol–water partition coefficient (Wildman–Crippen LogP) is 0.902. The molecule has 1 fully saturated rings.